The molecule has 2 rings (SSSR count). The molecule has 1 aliphatic rings. The Morgan fingerprint density at radius 2 is 2.18 bits per heavy atom. The largest absolute Gasteiger partial charge is 0.491 e. The van der Waals surface area contributed by atoms with Crippen LogP contribution in [0.2, 0.25) is 0 Å². The van der Waals surface area contributed by atoms with Crippen molar-refractivity contribution in [1.29, 1.82) is 0 Å². The van der Waals surface area contributed by atoms with Crippen molar-refractivity contribution in [2.45, 2.75) is 13.0 Å². The average Bonchev–Trinajstić information content (AvgIpc) is 2.48. The first-order chi connectivity index (χ1) is 8.11. The molecule has 5 nitrogen and oxygen atoms in total. The van der Waals surface area contributed by atoms with Gasteiger partial charge in [-0.05, 0) is 19.1 Å². The Kier molecular flexibility index (Phi) is 2.99. The maximum atomic E-state index is 12.2. The quantitative estimate of drug-likeness (QED) is 0.830. The van der Waals surface area contributed by atoms with E-state index in [4.69, 9.17) is 9.84 Å². The molecule has 0 radical (unpaired) electrons. The summed E-state index contributed by atoms with van der Waals surface area (Å²) in [6, 6.07) is 6.02. The maximum Gasteiger partial charge on any atom is 0.326 e. The van der Waals surface area contributed by atoms with Crippen molar-refractivity contribution in [3.63, 3.8) is 0 Å². The van der Waals surface area contributed by atoms with E-state index in [0.717, 1.165) is 0 Å². The number of rotatable bonds is 2. The Morgan fingerprint density at radius 1 is 1.47 bits per heavy atom. The van der Waals surface area contributed by atoms with E-state index in [1.165, 1.54) is 11.8 Å². The van der Waals surface area contributed by atoms with Crippen molar-refractivity contribution >= 4 is 11.9 Å². The number of benzene rings is 1. The van der Waals surface area contributed by atoms with E-state index in [9.17, 15) is 9.59 Å². The molecule has 0 saturated heterocycles. The lowest BCUT2D eigenvalue weighted by atomic mass is 10.1. The molecule has 17 heavy (non-hydrogen) atoms. The third-order valence-corrected chi connectivity index (χ3v) is 2.79. The number of ether oxygens (including phenoxy) is 1. The van der Waals surface area contributed by atoms with E-state index in [2.05, 4.69) is 0 Å². The fourth-order valence-corrected chi connectivity index (χ4v) is 1.78. The van der Waals surface area contributed by atoms with Crippen LogP contribution >= 0.6 is 0 Å². The molecule has 90 valence electrons. The first-order valence-corrected chi connectivity index (χ1v) is 5.37. The molecule has 0 aliphatic carbocycles. The van der Waals surface area contributed by atoms with Crippen LogP contribution in [0.25, 0.3) is 0 Å². The molecule has 0 fully saturated rings. The summed E-state index contributed by atoms with van der Waals surface area (Å²) in [5, 5.41) is 8.96. The number of carboxylic acids is 1. The highest BCUT2D eigenvalue weighted by atomic mass is 16.5. The Labute approximate surface area is 98.6 Å². The zero-order valence-corrected chi connectivity index (χ0v) is 9.42. The molecule has 0 saturated carbocycles. The first kappa shape index (κ1) is 11.4. The summed E-state index contributed by atoms with van der Waals surface area (Å²) in [4.78, 5) is 24.4. The molecule has 0 bridgehead atoms. The number of para-hydroxylation sites is 1. The number of carbonyl (C=O) groups excluding carboxylic acids is 1. The molecule has 1 amide bonds. The van der Waals surface area contributed by atoms with Gasteiger partial charge in [0, 0.05) is 0 Å². The van der Waals surface area contributed by atoms with E-state index in [0.29, 0.717) is 17.9 Å². The third kappa shape index (κ3) is 2.08. The van der Waals surface area contributed by atoms with E-state index in [1.54, 1.807) is 24.3 Å². The Morgan fingerprint density at radius 3 is 2.88 bits per heavy atom. The lowest BCUT2D eigenvalue weighted by molar-refractivity contribution is -0.141. The zero-order valence-electron chi connectivity index (χ0n) is 9.42. The molecule has 0 aromatic heterocycles. The van der Waals surface area contributed by atoms with Gasteiger partial charge in [0.15, 0.2) is 0 Å². The summed E-state index contributed by atoms with van der Waals surface area (Å²) in [5.41, 5.74) is 0.415. The van der Waals surface area contributed by atoms with Gasteiger partial charge in [-0.3, -0.25) is 4.79 Å². The standard InChI is InChI=1S/C12H13NO4/c1-8(12(15)16)13-6-7-17-10-5-3-2-4-9(10)11(13)14/h2-5,8H,6-7H2,1H3,(H,15,16). The second-order valence-electron chi connectivity index (χ2n) is 3.86. The van der Waals surface area contributed by atoms with Crippen molar-refractivity contribution in [2.75, 3.05) is 13.2 Å². The molecule has 1 unspecified atom stereocenters. The molecule has 1 atom stereocenters. The molecular weight excluding hydrogens is 222 g/mol. The third-order valence-electron chi connectivity index (χ3n) is 2.79. The minimum atomic E-state index is -1.02. The Hall–Kier alpha value is -2.04. The number of nitrogens with zero attached hydrogens (tertiary/aromatic N) is 1. The molecule has 1 aromatic rings. The van der Waals surface area contributed by atoms with Gasteiger partial charge in [-0.1, -0.05) is 12.1 Å². The van der Waals surface area contributed by atoms with E-state index in [1.807, 2.05) is 0 Å². The van der Waals surface area contributed by atoms with E-state index < -0.39 is 12.0 Å². The SMILES string of the molecule is CC(C(=O)O)N1CCOc2ccccc2C1=O. The van der Waals surface area contributed by atoms with Gasteiger partial charge in [0.2, 0.25) is 0 Å². The zero-order chi connectivity index (χ0) is 12.4. The lowest BCUT2D eigenvalue weighted by Gasteiger charge is -2.23. The van der Waals surface area contributed by atoms with Gasteiger partial charge < -0.3 is 14.7 Å². The second-order valence-corrected chi connectivity index (χ2v) is 3.86. The Bertz CT molecular complexity index is 458. The monoisotopic (exact) mass is 235 g/mol. The first-order valence-electron chi connectivity index (χ1n) is 5.37. The van der Waals surface area contributed by atoms with Crippen molar-refractivity contribution in [1.82, 2.24) is 4.90 Å². The minimum Gasteiger partial charge on any atom is -0.491 e. The highest BCUT2D eigenvalue weighted by Crippen LogP contribution is 2.23. The van der Waals surface area contributed by atoms with Crippen LogP contribution in [-0.4, -0.2) is 41.1 Å². The summed E-state index contributed by atoms with van der Waals surface area (Å²) in [7, 11) is 0. The van der Waals surface area contributed by atoms with Crippen LogP contribution in [0.5, 0.6) is 5.75 Å². The van der Waals surface area contributed by atoms with Gasteiger partial charge in [0.05, 0.1) is 12.1 Å². The fourth-order valence-electron chi connectivity index (χ4n) is 1.78. The van der Waals surface area contributed by atoms with E-state index in [-0.39, 0.29) is 12.5 Å². The van der Waals surface area contributed by atoms with Crippen molar-refractivity contribution < 1.29 is 19.4 Å². The predicted molar refractivity (Wildman–Crippen MR) is 60.1 cm³/mol. The summed E-state index contributed by atoms with van der Waals surface area (Å²) in [6.45, 7) is 2.08. The van der Waals surface area contributed by atoms with Crippen LogP contribution in [0.15, 0.2) is 24.3 Å². The average molecular weight is 235 g/mol. The van der Waals surface area contributed by atoms with Crippen LogP contribution in [0.3, 0.4) is 0 Å². The smallest absolute Gasteiger partial charge is 0.326 e. The highest BCUT2D eigenvalue weighted by Gasteiger charge is 2.30. The van der Waals surface area contributed by atoms with Crippen molar-refractivity contribution in [3.8, 4) is 5.75 Å². The fraction of sp³-hybridized carbons (Fsp3) is 0.333. The van der Waals surface area contributed by atoms with Crippen LogP contribution in [-0.2, 0) is 4.79 Å². The normalized spacial score (nSPS) is 16.8. The minimum absolute atomic E-state index is 0.279. The number of carbonyl (C=O) groups is 2. The predicted octanol–water partition coefficient (Wildman–Crippen LogP) is 0.994. The topological polar surface area (TPSA) is 66.8 Å². The lowest BCUT2D eigenvalue weighted by Crippen LogP contribution is -2.44. The second kappa shape index (κ2) is 4.45. The molecule has 0 spiro atoms. The van der Waals surface area contributed by atoms with Gasteiger partial charge in [-0.2, -0.15) is 0 Å². The van der Waals surface area contributed by atoms with E-state index >= 15 is 0 Å². The van der Waals surface area contributed by atoms with Gasteiger partial charge in [0.25, 0.3) is 5.91 Å². The van der Waals surface area contributed by atoms with Gasteiger partial charge in [-0.25, -0.2) is 4.79 Å². The highest BCUT2D eigenvalue weighted by molar-refractivity contribution is 5.99. The van der Waals surface area contributed by atoms with Crippen LogP contribution in [0.4, 0.5) is 0 Å². The summed E-state index contributed by atoms with van der Waals surface area (Å²) >= 11 is 0. The number of hydrogen-bond donors (Lipinski definition) is 1. The molecule has 1 N–H and O–H groups in total. The number of amides is 1. The summed E-state index contributed by atoms with van der Waals surface area (Å²) in [5.74, 6) is -0.802. The maximum absolute atomic E-state index is 12.2. The van der Waals surface area contributed by atoms with Crippen LogP contribution in [0.1, 0.15) is 17.3 Å². The summed E-state index contributed by atoms with van der Waals surface area (Å²) < 4.78 is 5.42. The molecule has 1 aromatic carbocycles. The molecule has 5 heteroatoms. The number of aliphatic carboxylic acids is 1. The van der Waals surface area contributed by atoms with Gasteiger partial charge in [0.1, 0.15) is 18.4 Å². The molecule has 1 heterocycles. The number of hydrogen-bond acceptors (Lipinski definition) is 3. The van der Waals surface area contributed by atoms with Gasteiger partial charge in [-0.15, -0.1) is 0 Å². The van der Waals surface area contributed by atoms with Crippen LogP contribution < -0.4 is 4.74 Å². The Balaban J connectivity index is 2.35. The summed E-state index contributed by atoms with van der Waals surface area (Å²) in [6.07, 6.45) is 0. The number of fused-ring (bicyclic) bond motifs is 1. The van der Waals surface area contributed by atoms with Gasteiger partial charge >= 0.3 is 5.97 Å². The number of carboxylic acid groups (broad SMARTS) is 1. The molecular formula is C12H13NO4. The van der Waals surface area contributed by atoms with Crippen LogP contribution in [0, 0.1) is 0 Å². The van der Waals surface area contributed by atoms with Crippen molar-refractivity contribution in [3.05, 3.63) is 29.8 Å². The molecule has 1 aliphatic heterocycles. The van der Waals surface area contributed by atoms with Crippen molar-refractivity contribution in [2.24, 2.45) is 0 Å².